The van der Waals surface area contributed by atoms with Crippen LogP contribution in [0.4, 0.5) is 5.69 Å². The van der Waals surface area contributed by atoms with E-state index in [2.05, 4.69) is 71.1 Å². The van der Waals surface area contributed by atoms with Crippen molar-refractivity contribution in [3.05, 3.63) is 119 Å². The number of benzene rings is 4. The van der Waals surface area contributed by atoms with Crippen molar-refractivity contribution < 1.29 is 33.6 Å². The Kier molecular flexibility index (Phi) is 13.2. The summed E-state index contributed by atoms with van der Waals surface area (Å²) in [6.45, 7) is 3.37. The zero-order valence-corrected chi connectivity index (χ0v) is 26.3. The molecule has 4 aromatic carbocycles. The fourth-order valence-corrected chi connectivity index (χ4v) is 5.94. The molecule has 0 bridgehead atoms. The maximum atomic E-state index is 13.5. The third-order valence-electron chi connectivity index (χ3n) is 6.98. The van der Waals surface area contributed by atoms with Gasteiger partial charge in [0.05, 0.1) is 17.7 Å². The van der Waals surface area contributed by atoms with Crippen LogP contribution in [-0.2, 0) is 17.9 Å². The van der Waals surface area contributed by atoms with Crippen molar-refractivity contribution in [1.29, 1.82) is 0 Å². The number of hydrogen-bond donors (Lipinski definition) is 1. The minimum atomic E-state index is -1.27. The first-order valence-electron chi connectivity index (χ1n) is 13.5. The van der Waals surface area contributed by atoms with Crippen LogP contribution in [0.5, 0.6) is 0 Å². The molecule has 0 saturated heterocycles. The number of rotatable bonds is 13. The molecule has 42 heavy (non-hydrogen) atoms. The zero-order chi connectivity index (χ0) is 29.2. The standard InChI is InChI=1S/C34H36N2O3S2.Li/c1-24-11-7-8-14-27(24)29-21-26(17-18-28(29)33(37)35-30(34(38)39)19-20-40-2)23-36(22-25-12-5-4-6-13-25)31-15-9-10-16-32(31)41-3;/h4-18,21,30H,19-20,22-23H2,1-3H3,(H,35,37)(H,38,39);/q;+1/p-1/t30-;/m0./s1. The predicted octanol–water partition coefficient (Wildman–Crippen LogP) is 3.20. The van der Waals surface area contributed by atoms with Gasteiger partial charge in [-0.1, -0.05) is 72.8 Å². The normalized spacial score (nSPS) is 11.3. The molecule has 0 aliphatic heterocycles. The van der Waals surface area contributed by atoms with Crippen LogP contribution in [0.1, 0.15) is 33.5 Å². The van der Waals surface area contributed by atoms with E-state index in [4.69, 9.17) is 0 Å². The fraction of sp³-hybridized carbons (Fsp3) is 0.235. The molecule has 1 N–H and O–H groups in total. The van der Waals surface area contributed by atoms with E-state index in [0.29, 0.717) is 24.3 Å². The van der Waals surface area contributed by atoms with Gasteiger partial charge in [-0.2, -0.15) is 11.8 Å². The molecule has 212 valence electrons. The van der Waals surface area contributed by atoms with Crippen LogP contribution in [0.3, 0.4) is 0 Å². The molecule has 4 aromatic rings. The van der Waals surface area contributed by atoms with Gasteiger partial charge in [-0.05, 0) is 83.7 Å². The Labute approximate surface area is 269 Å². The van der Waals surface area contributed by atoms with Crippen molar-refractivity contribution in [2.24, 2.45) is 0 Å². The van der Waals surface area contributed by atoms with Gasteiger partial charge in [-0.25, -0.2) is 0 Å². The van der Waals surface area contributed by atoms with Crippen LogP contribution in [0.2, 0.25) is 0 Å². The summed E-state index contributed by atoms with van der Waals surface area (Å²) in [7, 11) is 0. The van der Waals surface area contributed by atoms with Crippen LogP contribution in [0, 0.1) is 6.92 Å². The van der Waals surface area contributed by atoms with Crippen LogP contribution in [-0.4, -0.2) is 36.2 Å². The number of nitrogens with one attached hydrogen (secondary N) is 1. The van der Waals surface area contributed by atoms with Gasteiger partial charge in [0.25, 0.3) is 5.91 Å². The van der Waals surface area contributed by atoms with Gasteiger partial charge in [0.1, 0.15) is 0 Å². The Balaban J connectivity index is 0.00000484. The minimum Gasteiger partial charge on any atom is -0.548 e. The fourth-order valence-electron chi connectivity index (χ4n) is 4.85. The summed E-state index contributed by atoms with van der Waals surface area (Å²) in [4.78, 5) is 28.8. The van der Waals surface area contributed by atoms with Crippen molar-refractivity contribution in [1.82, 2.24) is 5.32 Å². The smallest absolute Gasteiger partial charge is 0.548 e. The quantitative estimate of drug-likeness (QED) is 0.191. The van der Waals surface area contributed by atoms with Gasteiger partial charge < -0.3 is 20.1 Å². The Hall–Kier alpha value is -3.08. The number of carboxylic acids is 1. The topological polar surface area (TPSA) is 72.5 Å². The molecule has 1 atom stereocenters. The summed E-state index contributed by atoms with van der Waals surface area (Å²) in [6, 6.07) is 31.5. The number of hydrogen-bond acceptors (Lipinski definition) is 6. The first-order valence-corrected chi connectivity index (χ1v) is 16.1. The van der Waals surface area contributed by atoms with Crippen molar-refractivity contribution in [2.75, 3.05) is 23.2 Å². The summed E-state index contributed by atoms with van der Waals surface area (Å²) in [6.07, 6.45) is 4.29. The zero-order valence-electron chi connectivity index (χ0n) is 24.6. The summed E-state index contributed by atoms with van der Waals surface area (Å²) in [5, 5.41) is 14.5. The van der Waals surface area contributed by atoms with E-state index in [1.54, 1.807) is 11.8 Å². The Bertz CT molecular complexity index is 1480. The molecular formula is C34H35LiN2O3S2. The van der Waals surface area contributed by atoms with Crippen molar-refractivity contribution in [3.63, 3.8) is 0 Å². The number of nitrogens with zero attached hydrogens (tertiary/aromatic N) is 1. The van der Waals surface area contributed by atoms with Crippen LogP contribution in [0.25, 0.3) is 11.1 Å². The van der Waals surface area contributed by atoms with Crippen LogP contribution < -0.4 is 34.2 Å². The van der Waals surface area contributed by atoms with Crippen molar-refractivity contribution >= 4 is 41.1 Å². The van der Waals surface area contributed by atoms with E-state index >= 15 is 0 Å². The van der Waals surface area contributed by atoms with E-state index in [1.165, 1.54) is 22.2 Å². The number of amides is 1. The average Bonchev–Trinajstić information content (AvgIpc) is 2.99. The molecule has 0 saturated carbocycles. The molecule has 8 heteroatoms. The van der Waals surface area contributed by atoms with Crippen LogP contribution in [0.15, 0.2) is 102 Å². The molecule has 1 amide bonds. The second-order valence-electron chi connectivity index (χ2n) is 9.83. The molecule has 0 radical (unpaired) electrons. The number of carbonyl (C=O) groups excluding carboxylic acids is 2. The molecule has 0 fully saturated rings. The largest absolute Gasteiger partial charge is 1.00 e. The molecule has 0 heterocycles. The third kappa shape index (κ3) is 8.72. The van der Waals surface area contributed by atoms with Crippen LogP contribution >= 0.6 is 23.5 Å². The number of para-hydroxylation sites is 1. The number of thioether (sulfide) groups is 2. The molecular weight excluding hydrogens is 555 g/mol. The van der Waals surface area contributed by atoms with E-state index < -0.39 is 17.9 Å². The Morgan fingerprint density at radius 3 is 2.19 bits per heavy atom. The van der Waals surface area contributed by atoms with E-state index in [-0.39, 0.29) is 18.9 Å². The van der Waals surface area contributed by atoms with Gasteiger partial charge in [-0.3, -0.25) is 4.79 Å². The van der Waals surface area contributed by atoms with Crippen molar-refractivity contribution in [2.45, 2.75) is 37.4 Å². The second kappa shape index (κ2) is 16.5. The molecule has 5 nitrogen and oxygen atoms in total. The number of aliphatic carboxylic acids is 1. The Morgan fingerprint density at radius 2 is 1.50 bits per heavy atom. The molecule has 0 unspecified atom stereocenters. The number of carboxylic acid groups (broad SMARTS) is 1. The summed E-state index contributed by atoms with van der Waals surface area (Å²) in [5.74, 6) is -1.08. The monoisotopic (exact) mass is 590 g/mol. The van der Waals surface area contributed by atoms with Gasteiger partial charge in [0, 0.05) is 23.5 Å². The number of anilines is 1. The van der Waals surface area contributed by atoms with Gasteiger partial charge in [-0.15, -0.1) is 11.8 Å². The van der Waals surface area contributed by atoms with Crippen molar-refractivity contribution in [3.8, 4) is 11.1 Å². The van der Waals surface area contributed by atoms with Gasteiger partial charge in [0.2, 0.25) is 0 Å². The molecule has 0 aliphatic carbocycles. The SMILES string of the molecule is CSCC[C@H](NC(=O)c1ccc(CN(Cc2ccccc2)c2ccccc2SC)cc1-c1ccccc1C)C(=O)[O-].[Li+]. The molecule has 4 rings (SSSR count). The maximum absolute atomic E-state index is 13.5. The summed E-state index contributed by atoms with van der Waals surface area (Å²) in [5.41, 5.74) is 6.59. The number of carbonyl (C=O) groups is 2. The molecule has 0 spiro atoms. The molecule has 0 aliphatic rings. The summed E-state index contributed by atoms with van der Waals surface area (Å²) >= 11 is 3.25. The first-order chi connectivity index (χ1) is 19.9. The summed E-state index contributed by atoms with van der Waals surface area (Å²) < 4.78 is 0. The van der Waals surface area contributed by atoms with E-state index in [0.717, 1.165) is 34.5 Å². The van der Waals surface area contributed by atoms with Gasteiger partial charge >= 0.3 is 18.9 Å². The minimum absolute atomic E-state index is 0. The van der Waals surface area contributed by atoms with E-state index in [9.17, 15) is 14.7 Å². The third-order valence-corrected chi connectivity index (χ3v) is 8.41. The predicted molar refractivity (Wildman–Crippen MR) is 170 cm³/mol. The average molecular weight is 591 g/mol. The number of aryl methyl sites for hydroxylation is 1. The second-order valence-corrected chi connectivity index (χ2v) is 11.7. The van der Waals surface area contributed by atoms with E-state index in [1.807, 2.05) is 55.6 Å². The van der Waals surface area contributed by atoms with Gasteiger partial charge in [0.15, 0.2) is 0 Å². The Morgan fingerprint density at radius 1 is 0.833 bits per heavy atom. The molecule has 0 aromatic heterocycles. The first kappa shape index (κ1) is 33.4. The maximum Gasteiger partial charge on any atom is 1.00 e.